The minimum atomic E-state index is -0.458. The summed E-state index contributed by atoms with van der Waals surface area (Å²) in [6, 6.07) is 17.8. The molecule has 2 aromatic heterocycles. The lowest BCUT2D eigenvalue weighted by Crippen LogP contribution is -2.29. The van der Waals surface area contributed by atoms with Crippen LogP contribution < -0.4 is 4.90 Å². The number of non-ortho nitro benzene ring substituents is 1. The lowest BCUT2D eigenvalue weighted by Gasteiger charge is -2.17. The molecule has 8 heteroatoms. The van der Waals surface area contributed by atoms with Crippen molar-refractivity contribution < 1.29 is 9.72 Å². The van der Waals surface area contributed by atoms with Crippen LogP contribution in [0.3, 0.4) is 0 Å². The van der Waals surface area contributed by atoms with Crippen molar-refractivity contribution in [1.29, 1.82) is 0 Å². The Kier molecular flexibility index (Phi) is 6.55. The van der Waals surface area contributed by atoms with Crippen LogP contribution in [0.25, 0.3) is 16.3 Å². The molecule has 0 aliphatic rings. The van der Waals surface area contributed by atoms with Crippen LogP contribution in [0.4, 0.5) is 10.8 Å². The number of pyridine rings is 1. The molecule has 1 amide bonds. The number of rotatable bonds is 7. The van der Waals surface area contributed by atoms with Gasteiger partial charge in [0.05, 0.1) is 27.4 Å². The second kappa shape index (κ2) is 9.70. The Morgan fingerprint density at radius 1 is 1.15 bits per heavy atom. The van der Waals surface area contributed by atoms with Gasteiger partial charge in [0.2, 0.25) is 0 Å². The number of benzene rings is 2. The predicted molar refractivity (Wildman–Crippen MR) is 131 cm³/mol. The lowest BCUT2D eigenvalue weighted by molar-refractivity contribution is -0.384. The van der Waals surface area contributed by atoms with E-state index in [-0.39, 0.29) is 18.1 Å². The molecule has 0 saturated heterocycles. The molecule has 0 N–H and O–H groups in total. The van der Waals surface area contributed by atoms with Gasteiger partial charge in [-0.1, -0.05) is 55.5 Å². The Balaban J connectivity index is 1.70. The monoisotopic (exact) mass is 458 g/mol. The smallest absolute Gasteiger partial charge is 0.270 e. The van der Waals surface area contributed by atoms with Crippen LogP contribution in [-0.2, 0) is 11.3 Å². The summed E-state index contributed by atoms with van der Waals surface area (Å²) in [5.74, 6) is 0.0228. The minimum absolute atomic E-state index is 0.0256. The van der Waals surface area contributed by atoms with Crippen LogP contribution in [0.5, 0.6) is 0 Å². The maximum absolute atomic E-state index is 13.3. The molecular formula is C25H22N4O3S. The second-order valence-electron chi connectivity index (χ2n) is 7.78. The van der Waals surface area contributed by atoms with Crippen LogP contribution in [-0.4, -0.2) is 20.8 Å². The number of aromatic nitrogens is 2. The van der Waals surface area contributed by atoms with Gasteiger partial charge in [0, 0.05) is 24.4 Å². The summed E-state index contributed by atoms with van der Waals surface area (Å²) < 4.78 is 1.01. The van der Waals surface area contributed by atoms with E-state index in [2.05, 4.69) is 24.9 Å². The number of anilines is 1. The second-order valence-corrected chi connectivity index (χ2v) is 8.79. The van der Waals surface area contributed by atoms with Gasteiger partial charge in [-0.2, -0.15) is 0 Å². The van der Waals surface area contributed by atoms with Gasteiger partial charge in [0.1, 0.15) is 0 Å². The van der Waals surface area contributed by atoms with Gasteiger partial charge >= 0.3 is 0 Å². The van der Waals surface area contributed by atoms with E-state index >= 15 is 0 Å². The highest BCUT2D eigenvalue weighted by molar-refractivity contribution is 7.22. The molecule has 0 spiro atoms. The molecule has 0 aliphatic heterocycles. The largest absolute Gasteiger partial charge is 0.278 e. The van der Waals surface area contributed by atoms with E-state index in [0.717, 1.165) is 21.5 Å². The third-order valence-electron chi connectivity index (χ3n) is 5.10. The number of nitro groups is 1. The molecule has 2 aromatic carbocycles. The molecule has 0 bridgehead atoms. The maximum atomic E-state index is 13.3. The quantitative estimate of drug-likeness (QED) is 0.193. The number of thiazole rings is 1. The third kappa shape index (κ3) is 5.12. The van der Waals surface area contributed by atoms with Gasteiger partial charge in [0.15, 0.2) is 5.13 Å². The zero-order valence-corrected chi connectivity index (χ0v) is 19.0. The van der Waals surface area contributed by atoms with Gasteiger partial charge < -0.3 is 0 Å². The van der Waals surface area contributed by atoms with Crippen LogP contribution in [0.2, 0.25) is 0 Å². The van der Waals surface area contributed by atoms with Crippen molar-refractivity contribution in [1.82, 2.24) is 9.97 Å². The fraction of sp³-hybridized carbons (Fsp3) is 0.160. The highest BCUT2D eigenvalue weighted by Crippen LogP contribution is 2.34. The highest BCUT2D eigenvalue weighted by Gasteiger charge is 2.20. The number of carbonyl (C=O) groups excluding carboxylic acids is 1. The Labute approximate surface area is 195 Å². The number of nitrogens with zero attached hydrogens (tertiary/aromatic N) is 4. The van der Waals surface area contributed by atoms with E-state index in [9.17, 15) is 14.9 Å². The highest BCUT2D eigenvalue weighted by atomic mass is 32.1. The van der Waals surface area contributed by atoms with Crippen molar-refractivity contribution in [2.75, 3.05) is 4.90 Å². The number of amides is 1. The molecule has 0 unspecified atom stereocenters. The molecule has 2 heterocycles. The molecule has 4 aromatic rings. The molecule has 0 saturated carbocycles. The Morgan fingerprint density at radius 3 is 2.70 bits per heavy atom. The van der Waals surface area contributed by atoms with Gasteiger partial charge in [-0.15, -0.1) is 0 Å². The van der Waals surface area contributed by atoms with E-state index in [1.54, 1.807) is 29.3 Å². The summed E-state index contributed by atoms with van der Waals surface area (Å²) in [7, 11) is 0. The molecule has 7 nitrogen and oxygen atoms in total. The fourth-order valence-electron chi connectivity index (χ4n) is 3.43. The zero-order chi connectivity index (χ0) is 23.4. The Hall–Kier alpha value is -3.91. The van der Waals surface area contributed by atoms with Crippen LogP contribution in [0, 0.1) is 10.1 Å². The van der Waals surface area contributed by atoms with Crippen LogP contribution in [0.15, 0.2) is 72.9 Å². The minimum Gasteiger partial charge on any atom is -0.278 e. The number of para-hydroxylation sites is 1. The van der Waals surface area contributed by atoms with E-state index in [0.29, 0.717) is 16.6 Å². The van der Waals surface area contributed by atoms with Crippen molar-refractivity contribution in [3.8, 4) is 0 Å². The average molecular weight is 459 g/mol. The molecule has 4 rings (SSSR count). The maximum Gasteiger partial charge on any atom is 0.270 e. The van der Waals surface area contributed by atoms with Crippen LogP contribution >= 0.6 is 11.3 Å². The number of fused-ring (bicyclic) bond motifs is 1. The zero-order valence-electron chi connectivity index (χ0n) is 18.2. The van der Waals surface area contributed by atoms with Crippen LogP contribution in [0.1, 0.15) is 36.6 Å². The summed E-state index contributed by atoms with van der Waals surface area (Å²) in [6.07, 6.45) is 4.68. The number of carbonyl (C=O) groups is 1. The molecule has 0 aliphatic carbocycles. The first-order chi connectivity index (χ1) is 15.9. The van der Waals surface area contributed by atoms with Crippen molar-refractivity contribution in [2.45, 2.75) is 26.3 Å². The van der Waals surface area contributed by atoms with Crippen molar-refractivity contribution in [2.24, 2.45) is 0 Å². The average Bonchev–Trinajstić information content (AvgIpc) is 3.25. The molecule has 0 atom stereocenters. The molecular weight excluding hydrogens is 436 g/mol. The van der Waals surface area contributed by atoms with E-state index in [1.807, 2.05) is 30.3 Å². The SMILES string of the molecule is CC(C)c1cccc2sc(N(Cc3ccccn3)C(=O)/C=C/c3cccc([N+](=O)[O-])c3)nc12. The summed E-state index contributed by atoms with van der Waals surface area (Å²) in [6.45, 7) is 4.49. The first-order valence-corrected chi connectivity index (χ1v) is 11.3. The third-order valence-corrected chi connectivity index (χ3v) is 6.15. The lowest BCUT2D eigenvalue weighted by atomic mass is 10.0. The van der Waals surface area contributed by atoms with E-state index < -0.39 is 4.92 Å². The van der Waals surface area contributed by atoms with Crippen molar-refractivity contribution >= 4 is 44.4 Å². The van der Waals surface area contributed by atoms with E-state index in [4.69, 9.17) is 4.98 Å². The van der Waals surface area contributed by atoms with Gasteiger partial charge in [-0.05, 0) is 41.3 Å². The summed E-state index contributed by atoms with van der Waals surface area (Å²) in [4.78, 5) is 34.6. The number of nitro benzene ring substituents is 1. The van der Waals surface area contributed by atoms with Gasteiger partial charge in [0.25, 0.3) is 11.6 Å². The molecule has 0 fully saturated rings. The first kappa shape index (κ1) is 22.3. The standard InChI is InChI=1S/C25H22N4O3S/c1-17(2)21-10-6-11-22-24(21)27-25(33-22)28(16-19-8-3-4-14-26-19)23(30)13-12-18-7-5-9-20(15-18)29(31)32/h3-15,17H,16H2,1-2H3/b13-12+. The number of hydrogen-bond donors (Lipinski definition) is 0. The first-order valence-electron chi connectivity index (χ1n) is 10.5. The van der Waals surface area contributed by atoms with Crippen molar-refractivity contribution in [3.63, 3.8) is 0 Å². The Morgan fingerprint density at radius 2 is 1.97 bits per heavy atom. The Bertz CT molecular complexity index is 1330. The topological polar surface area (TPSA) is 89.2 Å². The molecule has 33 heavy (non-hydrogen) atoms. The van der Waals surface area contributed by atoms with Gasteiger partial charge in [-0.3, -0.25) is 24.8 Å². The fourth-order valence-corrected chi connectivity index (χ4v) is 4.44. The van der Waals surface area contributed by atoms with Crippen molar-refractivity contribution in [3.05, 3.63) is 99.9 Å². The van der Waals surface area contributed by atoms with E-state index in [1.165, 1.54) is 29.5 Å². The predicted octanol–water partition coefficient (Wildman–Crippen LogP) is 5.97. The number of hydrogen-bond acceptors (Lipinski definition) is 6. The molecule has 0 radical (unpaired) electrons. The summed E-state index contributed by atoms with van der Waals surface area (Å²) >= 11 is 1.46. The molecule has 166 valence electrons. The summed E-state index contributed by atoms with van der Waals surface area (Å²) in [5.41, 5.74) is 3.31. The summed E-state index contributed by atoms with van der Waals surface area (Å²) in [5, 5.41) is 11.6. The van der Waals surface area contributed by atoms with Gasteiger partial charge in [-0.25, -0.2) is 4.98 Å². The normalized spacial score (nSPS) is 11.4.